The van der Waals surface area contributed by atoms with Gasteiger partial charge in [-0.05, 0) is 57.3 Å². The van der Waals surface area contributed by atoms with E-state index in [1.54, 1.807) is 33.9 Å². The number of hydrogen-bond acceptors (Lipinski definition) is 7. The molecule has 1 fully saturated rings. The number of nitrogens with zero attached hydrogens (tertiary/aromatic N) is 4. The summed E-state index contributed by atoms with van der Waals surface area (Å²) in [6.45, 7) is 17.1. The van der Waals surface area contributed by atoms with E-state index in [0.717, 1.165) is 24.2 Å². The molecule has 6 amide bonds. The number of imide groups is 1. The van der Waals surface area contributed by atoms with E-state index in [2.05, 4.69) is 19.2 Å². The molecule has 0 aromatic rings. The van der Waals surface area contributed by atoms with Crippen LogP contribution in [-0.4, -0.2) is 117 Å². The van der Waals surface area contributed by atoms with Crippen LogP contribution in [0.3, 0.4) is 0 Å². The molecule has 0 unspecified atom stereocenters. The molecule has 0 aromatic carbocycles. The van der Waals surface area contributed by atoms with Crippen molar-refractivity contribution in [2.24, 2.45) is 23.7 Å². The van der Waals surface area contributed by atoms with Gasteiger partial charge in [-0.1, -0.05) is 73.8 Å². The largest absolute Gasteiger partial charge is 0.391 e. The number of carbonyl (C=O) groups is 6. The fourth-order valence-corrected chi connectivity index (χ4v) is 7.17. The van der Waals surface area contributed by atoms with Gasteiger partial charge in [0.05, 0.1) is 12.1 Å². The zero-order valence-electron chi connectivity index (χ0n) is 31.8. The monoisotopic (exact) mass is 689 g/mol. The second-order valence-corrected chi connectivity index (χ2v) is 15.2. The Kier molecular flexibility index (Phi) is 15.9. The van der Waals surface area contributed by atoms with Gasteiger partial charge in [0.25, 0.3) is 11.8 Å². The van der Waals surface area contributed by atoms with Gasteiger partial charge in [-0.25, -0.2) is 0 Å². The minimum absolute atomic E-state index is 0.0573. The Morgan fingerprint density at radius 1 is 0.980 bits per heavy atom. The van der Waals surface area contributed by atoms with Crippen LogP contribution >= 0.6 is 0 Å². The first-order valence-corrected chi connectivity index (χ1v) is 18.2. The van der Waals surface area contributed by atoms with Crippen LogP contribution < -0.4 is 5.32 Å². The normalized spacial score (nSPS) is 21.4. The number of amides is 6. The van der Waals surface area contributed by atoms with E-state index in [9.17, 15) is 33.9 Å². The van der Waals surface area contributed by atoms with E-state index in [1.165, 1.54) is 34.7 Å². The highest BCUT2D eigenvalue weighted by atomic mass is 16.3. The van der Waals surface area contributed by atoms with Crippen LogP contribution in [0.4, 0.5) is 0 Å². The van der Waals surface area contributed by atoms with Crippen molar-refractivity contribution in [2.75, 3.05) is 20.6 Å². The Balaban J connectivity index is 2.27. The Labute approximate surface area is 294 Å². The average molecular weight is 690 g/mol. The molecule has 0 aromatic heterocycles. The molecule has 0 saturated carbocycles. The first-order chi connectivity index (χ1) is 22.8. The van der Waals surface area contributed by atoms with Gasteiger partial charge in [0.15, 0.2) is 0 Å². The number of rotatable bonds is 17. The number of aliphatic hydroxyl groups excluding tert-OH is 1. The van der Waals surface area contributed by atoms with Crippen LogP contribution in [-0.2, 0) is 28.8 Å². The zero-order chi connectivity index (χ0) is 37.3. The van der Waals surface area contributed by atoms with Crippen molar-refractivity contribution in [3.8, 4) is 0 Å². The summed E-state index contributed by atoms with van der Waals surface area (Å²) in [7, 11) is 3.07. The predicted octanol–water partition coefficient (Wildman–Crippen LogP) is 3.37. The van der Waals surface area contributed by atoms with Crippen molar-refractivity contribution in [3.63, 3.8) is 0 Å². The molecule has 2 rings (SSSR count). The maximum absolute atomic E-state index is 14.1. The topological polar surface area (TPSA) is 148 Å². The maximum Gasteiger partial charge on any atom is 0.253 e. The van der Waals surface area contributed by atoms with E-state index in [4.69, 9.17) is 0 Å². The summed E-state index contributed by atoms with van der Waals surface area (Å²) in [6.07, 6.45) is 6.93. The quantitative estimate of drug-likeness (QED) is 0.223. The van der Waals surface area contributed by atoms with Gasteiger partial charge in [0, 0.05) is 32.6 Å². The third-order valence-corrected chi connectivity index (χ3v) is 9.96. The molecule has 2 heterocycles. The van der Waals surface area contributed by atoms with Crippen LogP contribution in [0.15, 0.2) is 12.2 Å². The van der Waals surface area contributed by atoms with Crippen LogP contribution in [0.2, 0.25) is 0 Å². The van der Waals surface area contributed by atoms with Crippen molar-refractivity contribution >= 4 is 35.4 Å². The molecule has 0 spiro atoms. The molecule has 278 valence electrons. The molecule has 8 atom stereocenters. The highest BCUT2D eigenvalue weighted by Crippen LogP contribution is 2.27. The minimum Gasteiger partial charge on any atom is -0.391 e. The zero-order valence-corrected chi connectivity index (χ0v) is 31.8. The lowest BCUT2D eigenvalue weighted by Crippen LogP contribution is -2.62. The van der Waals surface area contributed by atoms with Crippen LogP contribution in [0, 0.1) is 23.7 Å². The first-order valence-electron chi connectivity index (χ1n) is 18.2. The summed E-state index contributed by atoms with van der Waals surface area (Å²) in [6, 6.07) is -4.51. The van der Waals surface area contributed by atoms with Gasteiger partial charge in [0.2, 0.25) is 23.6 Å². The Morgan fingerprint density at radius 2 is 1.61 bits per heavy atom. The summed E-state index contributed by atoms with van der Waals surface area (Å²) >= 11 is 0. The molecule has 1 saturated heterocycles. The Hall–Kier alpha value is -3.28. The number of hydrogen-bond donors (Lipinski definition) is 2. The number of nitrogens with one attached hydrogen (secondary N) is 1. The van der Waals surface area contributed by atoms with E-state index in [0.29, 0.717) is 38.1 Å². The van der Waals surface area contributed by atoms with Crippen molar-refractivity contribution in [1.29, 1.82) is 0 Å². The highest BCUT2D eigenvalue weighted by molar-refractivity contribution is 6.06. The van der Waals surface area contributed by atoms with Crippen LogP contribution in [0.1, 0.15) is 107 Å². The molecule has 0 radical (unpaired) electrons. The lowest BCUT2D eigenvalue weighted by Gasteiger charge is -2.38. The molecular weight excluding hydrogens is 626 g/mol. The minimum atomic E-state index is -1.39. The van der Waals surface area contributed by atoms with Crippen molar-refractivity contribution in [2.45, 2.75) is 144 Å². The van der Waals surface area contributed by atoms with Crippen LogP contribution in [0.5, 0.6) is 0 Å². The van der Waals surface area contributed by atoms with Gasteiger partial charge < -0.3 is 25.1 Å². The predicted molar refractivity (Wildman–Crippen MR) is 189 cm³/mol. The van der Waals surface area contributed by atoms with E-state index in [-0.39, 0.29) is 23.7 Å². The van der Waals surface area contributed by atoms with E-state index < -0.39 is 65.8 Å². The first kappa shape index (κ1) is 41.9. The third kappa shape index (κ3) is 10.6. The lowest BCUT2D eigenvalue weighted by atomic mass is 9.91. The molecule has 49 heavy (non-hydrogen) atoms. The summed E-state index contributed by atoms with van der Waals surface area (Å²) in [5.41, 5.74) is 0. The van der Waals surface area contributed by atoms with Gasteiger partial charge in [-0.3, -0.25) is 33.7 Å². The number of unbranched alkanes of at least 4 members (excludes halogenated alkanes) is 1. The molecule has 2 aliphatic rings. The number of likely N-dealkylation sites (N-methyl/N-ethyl adjacent to an activating group) is 2. The van der Waals surface area contributed by atoms with Crippen molar-refractivity contribution < 1.29 is 33.9 Å². The average Bonchev–Trinajstić information content (AvgIpc) is 3.65. The van der Waals surface area contributed by atoms with Gasteiger partial charge >= 0.3 is 0 Å². The van der Waals surface area contributed by atoms with E-state index in [1.807, 2.05) is 20.8 Å². The molecule has 0 aliphatic carbocycles. The molecule has 12 nitrogen and oxygen atoms in total. The fraction of sp³-hybridized carbons (Fsp3) is 0.784. The van der Waals surface area contributed by atoms with Gasteiger partial charge in [-0.2, -0.15) is 0 Å². The summed E-state index contributed by atoms with van der Waals surface area (Å²) < 4.78 is 0. The highest BCUT2D eigenvalue weighted by Gasteiger charge is 2.45. The standard InChI is InChI=1S/C37H63N5O7/c1-12-13-15-24(6)21-25(7)34(46)39(10)29(20-22(2)3)33(45)38-31(27(9)43)36(48)40(11)32(23(4)5)37(49)41-19-14-16-28(41)35(47)42-26(8)17-18-30(42)44/h17-18,22-29,31-32,43H,12-16,19-21H2,1-11H3,(H,38,45)/t24-,25-,26+,27-,28-,29+,31-,32-/m1/s1. The molecular formula is C37H63N5O7. The Bertz CT molecular complexity index is 1220. The maximum atomic E-state index is 14.1. The number of carbonyl (C=O) groups excluding carboxylic acids is 6. The second-order valence-electron chi connectivity index (χ2n) is 15.2. The van der Waals surface area contributed by atoms with E-state index >= 15 is 0 Å². The smallest absolute Gasteiger partial charge is 0.253 e. The second kappa shape index (κ2) is 18.6. The summed E-state index contributed by atoms with van der Waals surface area (Å²) in [4.78, 5) is 86.7. The fourth-order valence-electron chi connectivity index (χ4n) is 7.17. The summed E-state index contributed by atoms with van der Waals surface area (Å²) in [5.74, 6) is -2.92. The summed E-state index contributed by atoms with van der Waals surface area (Å²) in [5, 5.41) is 13.5. The number of likely N-dealkylation sites (tertiary alicyclic amines) is 1. The molecule has 0 bridgehead atoms. The third-order valence-electron chi connectivity index (χ3n) is 9.96. The van der Waals surface area contributed by atoms with Gasteiger partial charge in [-0.15, -0.1) is 0 Å². The van der Waals surface area contributed by atoms with Crippen LogP contribution in [0.25, 0.3) is 0 Å². The molecule has 12 heteroatoms. The number of aliphatic hydroxyl groups is 1. The van der Waals surface area contributed by atoms with Crippen molar-refractivity contribution in [3.05, 3.63) is 12.2 Å². The van der Waals surface area contributed by atoms with Gasteiger partial charge in [0.1, 0.15) is 24.2 Å². The lowest BCUT2D eigenvalue weighted by molar-refractivity contribution is -0.155. The van der Waals surface area contributed by atoms with Crippen molar-refractivity contribution in [1.82, 2.24) is 24.9 Å². The molecule has 2 N–H and O–H groups in total. The Morgan fingerprint density at radius 3 is 2.12 bits per heavy atom. The SMILES string of the molecule is CCCC[C@@H](C)C[C@@H](C)C(=O)N(C)[C@@H](CC(C)C)C(=O)N[C@@H](C(=O)N(C)[C@@H](C(=O)N1CCC[C@@H]1C(=O)N1C(=O)C=C[C@@H]1C)C(C)C)[C@@H](C)O. The molecule has 2 aliphatic heterocycles.